The highest BCUT2D eigenvalue weighted by molar-refractivity contribution is 5.02. The van der Waals surface area contributed by atoms with Crippen LogP contribution in [-0.2, 0) is 6.42 Å². The first-order chi connectivity index (χ1) is 6.34. The molecule has 1 fully saturated rings. The molecule has 3 heteroatoms. The van der Waals surface area contributed by atoms with Crippen LogP contribution in [0.4, 0.5) is 0 Å². The molecule has 1 aliphatic rings. The third kappa shape index (κ3) is 2.31. The Morgan fingerprint density at radius 2 is 2.46 bits per heavy atom. The zero-order valence-electron chi connectivity index (χ0n) is 8.14. The number of hydrogen-bond donors (Lipinski definition) is 2. The Kier molecular flexibility index (Phi) is 2.64. The van der Waals surface area contributed by atoms with E-state index in [0.29, 0.717) is 6.04 Å². The Hall–Kier alpha value is -0.830. The molecule has 1 unspecified atom stereocenters. The van der Waals surface area contributed by atoms with Crippen molar-refractivity contribution < 1.29 is 0 Å². The van der Waals surface area contributed by atoms with E-state index in [1.54, 1.807) is 0 Å². The lowest BCUT2D eigenvalue weighted by Crippen LogP contribution is -2.35. The van der Waals surface area contributed by atoms with Gasteiger partial charge in [0.05, 0.1) is 0 Å². The van der Waals surface area contributed by atoms with Gasteiger partial charge in [-0.05, 0) is 26.3 Å². The number of aromatic amines is 1. The summed E-state index contributed by atoms with van der Waals surface area (Å²) in [7, 11) is 0. The zero-order chi connectivity index (χ0) is 9.10. The number of H-pyrrole nitrogens is 1. The Balaban J connectivity index is 1.89. The van der Waals surface area contributed by atoms with E-state index in [9.17, 15) is 0 Å². The Labute approximate surface area is 79.0 Å². The average Bonchev–Trinajstić information content (AvgIpc) is 2.53. The van der Waals surface area contributed by atoms with Crippen molar-refractivity contribution in [2.75, 3.05) is 6.54 Å². The van der Waals surface area contributed by atoms with Crippen molar-refractivity contribution in [2.45, 2.75) is 38.6 Å². The molecule has 13 heavy (non-hydrogen) atoms. The first kappa shape index (κ1) is 8.75. The summed E-state index contributed by atoms with van der Waals surface area (Å²) in [5.74, 6) is 1.02. The van der Waals surface area contributed by atoms with E-state index in [-0.39, 0.29) is 0 Å². The fourth-order valence-corrected chi connectivity index (χ4v) is 1.94. The lowest BCUT2D eigenvalue weighted by atomic mass is 10.0. The highest BCUT2D eigenvalue weighted by Gasteiger charge is 2.13. The van der Waals surface area contributed by atoms with Crippen molar-refractivity contribution in [1.29, 1.82) is 0 Å². The van der Waals surface area contributed by atoms with Crippen molar-refractivity contribution in [2.24, 2.45) is 0 Å². The van der Waals surface area contributed by atoms with Crippen molar-refractivity contribution in [3.05, 3.63) is 17.7 Å². The number of nitrogens with one attached hydrogen (secondary N) is 2. The summed E-state index contributed by atoms with van der Waals surface area (Å²) in [5, 5.41) is 3.53. The van der Waals surface area contributed by atoms with E-state index in [0.717, 1.165) is 12.2 Å². The van der Waals surface area contributed by atoms with Crippen LogP contribution in [0.5, 0.6) is 0 Å². The number of rotatable bonds is 2. The lowest BCUT2D eigenvalue weighted by Gasteiger charge is -2.22. The van der Waals surface area contributed by atoms with Gasteiger partial charge in [-0.25, -0.2) is 4.98 Å². The molecule has 1 aliphatic heterocycles. The van der Waals surface area contributed by atoms with Crippen LogP contribution < -0.4 is 5.32 Å². The molecular weight excluding hydrogens is 162 g/mol. The minimum absolute atomic E-state index is 0.661. The third-order valence-corrected chi connectivity index (χ3v) is 2.63. The van der Waals surface area contributed by atoms with Gasteiger partial charge in [-0.3, -0.25) is 0 Å². The van der Waals surface area contributed by atoms with Crippen LogP contribution in [0.1, 0.15) is 30.8 Å². The van der Waals surface area contributed by atoms with Gasteiger partial charge in [-0.15, -0.1) is 0 Å². The molecule has 1 atom stereocenters. The largest absolute Gasteiger partial charge is 0.346 e. The smallest absolute Gasteiger partial charge is 0.103 e. The molecule has 0 aromatic carbocycles. The second kappa shape index (κ2) is 3.92. The number of imidazole rings is 1. The molecule has 0 amide bonds. The minimum atomic E-state index is 0.661. The Bertz CT molecular complexity index is 261. The predicted molar refractivity (Wildman–Crippen MR) is 52.7 cm³/mol. The summed E-state index contributed by atoms with van der Waals surface area (Å²) in [4.78, 5) is 7.47. The fourth-order valence-electron chi connectivity index (χ4n) is 1.94. The van der Waals surface area contributed by atoms with Gasteiger partial charge in [0.1, 0.15) is 5.82 Å². The van der Waals surface area contributed by atoms with Gasteiger partial charge in [0.2, 0.25) is 0 Å². The van der Waals surface area contributed by atoms with Crippen molar-refractivity contribution >= 4 is 0 Å². The van der Waals surface area contributed by atoms with Crippen molar-refractivity contribution in [1.82, 2.24) is 15.3 Å². The van der Waals surface area contributed by atoms with E-state index in [1.807, 2.05) is 13.1 Å². The van der Waals surface area contributed by atoms with Crippen LogP contribution in [0.15, 0.2) is 6.20 Å². The standard InChI is InChI=1S/C10H17N3/c1-8-12-7-10(13-8)6-9-4-2-3-5-11-9/h7,9,11H,2-6H2,1H3,(H,12,13). The van der Waals surface area contributed by atoms with Gasteiger partial charge >= 0.3 is 0 Å². The molecule has 0 spiro atoms. The maximum atomic E-state index is 4.20. The maximum Gasteiger partial charge on any atom is 0.103 e. The Morgan fingerprint density at radius 3 is 3.08 bits per heavy atom. The molecule has 1 aromatic heterocycles. The molecule has 0 radical (unpaired) electrons. The summed E-state index contributed by atoms with van der Waals surface area (Å²) >= 11 is 0. The van der Waals surface area contributed by atoms with E-state index in [1.165, 1.54) is 31.5 Å². The Morgan fingerprint density at radius 1 is 1.54 bits per heavy atom. The average molecular weight is 179 g/mol. The van der Waals surface area contributed by atoms with Crippen molar-refractivity contribution in [3.8, 4) is 0 Å². The van der Waals surface area contributed by atoms with Crippen LogP contribution >= 0.6 is 0 Å². The normalized spacial score (nSPS) is 23.3. The van der Waals surface area contributed by atoms with E-state index in [2.05, 4.69) is 15.3 Å². The molecule has 72 valence electrons. The quantitative estimate of drug-likeness (QED) is 0.720. The van der Waals surface area contributed by atoms with Gasteiger partial charge in [-0.1, -0.05) is 6.42 Å². The number of nitrogens with zero attached hydrogens (tertiary/aromatic N) is 1. The number of piperidine rings is 1. The second-order valence-electron chi connectivity index (χ2n) is 3.84. The fraction of sp³-hybridized carbons (Fsp3) is 0.700. The van der Waals surface area contributed by atoms with E-state index < -0.39 is 0 Å². The van der Waals surface area contributed by atoms with Crippen LogP contribution in [0.25, 0.3) is 0 Å². The SMILES string of the molecule is Cc1ncc(CC2CCCCN2)[nH]1. The number of aromatic nitrogens is 2. The highest BCUT2D eigenvalue weighted by Crippen LogP contribution is 2.11. The van der Waals surface area contributed by atoms with Crippen LogP contribution in [0, 0.1) is 6.92 Å². The summed E-state index contributed by atoms with van der Waals surface area (Å²) in [6, 6.07) is 0.661. The van der Waals surface area contributed by atoms with Crippen LogP contribution in [-0.4, -0.2) is 22.6 Å². The molecule has 0 saturated carbocycles. The van der Waals surface area contributed by atoms with E-state index in [4.69, 9.17) is 0 Å². The van der Waals surface area contributed by atoms with E-state index >= 15 is 0 Å². The molecule has 2 rings (SSSR count). The van der Waals surface area contributed by atoms with Gasteiger partial charge in [-0.2, -0.15) is 0 Å². The molecule has 2 N–H and O–H groups in total. The highest BCUT2D eigenvalue weighted by atomic mass is 14.9. The van der Waals surface area contributed by atoms with Gasteiger partial charge in [0.15, 0.2) is 0 Å². The predicted octanol–water partition coefficient (Wildman–Crippen LogP) is 1.40. The topological polar surface area (TPSA) is 40.7 Å². The molecule has 0 bridgehead atoms. The van der Waals surface area contributed by atoms with Gasteiger partial charge in [0, 0.05) is 24.4 Å². The molecule has 3 nitrogen and oxygen atoms in total. The molecule has 1 aromatic rings. The molecule has 2 heterocycles. The second-order valence-corrected chi connectivity index (χ2v) is 3.84. The first-order valence-corrected chi connectivity index (χ1v) is 5.08. The third-order valence-electron chi connectivity index (χ3n) is 2.63. The van der Waals surface area contributed by atoms with Crippen molar-refractivity contribution in [3.63, 3.8) is 0 Å². The first-order valence-electron chi connectivity index (χ1n) is 5.08. The summed E-state index contributed by atoms with van der Waals surface area (Å²) < 4.78 is 0. The lowest BCUT2D eigenvalue weighted by molar-refractivity contribution is 0.397. The van der Waals surface area contributed by atoms with Crippen LogP contribution in [0.2, 0.25) is 0 Å². The van der Waals surface area contributed by atoms with Gasteiger partial charge in [0.25, 0.3) is 0 Å². The zero-order valence-corrected chi connectivity index (χ0v) is 8.14. The molecule has 1 saturated heterocycles. The number of aryl methyl sites for hydroxylation is 1. The summed E-state index contributed by atoms with van der Waals surface area (Å²) in [6.45, 7) is 3.18. The number of hydrogen-bond acceptors (Lipinski definition) is 2. The minimum Gasteiger partial charge on any atom is -0.346 e. The van der Waals surface area contributed by atoms with Gasteiger partial charge < -0.3 is 10.3 Å². The summed E-state index contributed by atoms with van der Waals surface area (Å²) in [5.41, 5.74) is 1.26. The van der Waals surface area contributed by atoms with Crippen LogP contribution in [0.3, 0.4) is 0 Å². The summed E-state index contributed by atoms with van der Waals surface area (Å²) in [6.07, 6.45) is 7.05. The maximum absolute atomic E-state index is 4.20. The monoisotopic (exact) mass is 179 g/mol. The molecule has 0 aliphatic carbocycles. The molecular formula is C10H17N3.